The quantitative estimate of drug-likeness (QED) is 0.640. The Morgan fingerprint density at radius 3 is 2.65 bits per heavy atom. The van der Waals surface area contributed by atoms with Crippen LogP contribution < -0.4 is 5.32 Å². The van der Waals surface area contributed by atoms with E-state index < -0.39 is 0 Å². The maximum atomic E-state index is 11.3. The smallest absolute Gasteiger partial charge is 0.243 e. The van der Waals surface area contributed by atoms with Crippen molar-refractivity contribution in [2.45, 2.75) is 46.0 Å². The fraction of sp³-hybridized carbons (Fsp3) is 0.471. The number of amides is 1. The first-order chi connectivity index (χ1) is 9.34. The number of carbonyl (C=O) groups excluding carboxylic acids is 1. The summed E-state index contributed by atoms with van der Waals surface area (Å²) in [5, 5.41) is 12.7. The van der Waals surface area contributed by atoms with Crippen molar-refractivity contribution in [1.29, 1.82) is 0 Å². The van der Waals surface area contributed by atoms with Gasteiger partial charge in [-0.2, -0.15) is 0 Å². The van der Waals surface area contributed by atoms with Crippen LogP contribution in [-0.4, -0.2) is 17.6 Å². The van der Waals surface area contributed by atoms with E-state index in [1.54, 1.807) is 12.1 Å². The highest BCUT2D eigenvalue weighted by Crippen LogP contribution is 2.31. The van der Waals surface area contributed by atoms with E-state index >= 15 is 0 Å². The number of aryl methyl sites for hydroxylation is 1. The van der Waals surface area contributed by atoms with Crippen molar-refractivity contribution in [3.63, 3.8) is 0 Å². The molecule has 20 heavy (non-hydrogen) atoms. The Labute approximate surface area is 121 Å². The third-order valence-corrected chi connectivity index (χ3v) is 3.13. The fourth-order valence-electron chi connectivity index (χ4n) is 2.05. The summed E-state index contributed by atoms with van der Waals surface area (Å²) >= 11 is 0. The zero-order valence-electron chi connectivity index (χ0n) is 12.9. The van der Waals surface area contributed by atoms with Crippen LogP contribution in [0.2, 0.25) is 0 Å². The molecule has 0 bridgehead atoms. The molecule has 0 aliphatic rings. The molecule has 0 radical (unpaired) electrons. The Morgan fingerprint density at radius 1 is 1.35 bits per heavy atom. The van der Waals surface area contributed by atoms with Gasteiger partial charge in [0.15, 0.2) is 0 Å². The second-order valence-electron chi connectivity index (χ2n) is 6.00. The van der Waals surface area contributed by atoms with Crippen LogP contribution in [0.5, 0.6) is 5.75 Å². The Balaban J connectivity index is 2.55. The van der Waals surface area contributed by atoms with Crippen molar-refractivity contribution >= 4 is 5.91 Å². The highest BCUT2D eigenvalue weighted by Gasteiger charge is 2.18. The van der Waals surface area contributed by atoms with Crippen molar-refractivity contribution in [1.82, 2.24) is 5.32 Å². The zero-order chi connectivity index (χ0) is 15.2. The van der Waals surface area contributed by atoms with Crippen LogP contribution in [0.15, 0.2) is 30.4 Å². The highest BCUT2D eigenvalue weighted by atomic mass is 16.3. The summed E-state index contributed by atoms with van der Waals surface area (Å²) in [5.74, 6) is 0.302. The maximum absolute atomic E-state index is 11.3. The van der Waals surface area contributed by atoms with Gasteiger partial charge in [0.1, 0.15) is 5.75 Å². The second kappa shape index (κ2) is 7.13. The van der Waals surface area contributed by atoms with Gasteiger partial charge in [-0.1, -0.05) is 39.0 Å². The van der Waals surface area contributed by atoms with Crippen molar-refractivity contribution in [2.24, 2.45) is 0 Å². The largest absolute Gasteiger partial charge is 0.508 e. The predicted molar refractivity (Wildman–Crippen MR) is 83.0 cm³/mol. The molecule has 110 valence electrons. The summed E-state index contributed by atoms with van der Waals surface area (Å²) in [5.41, 5.74) is 2.08. The standard InChI is InChI=1S/C17H25NO2/c1-5-7-16(20)18-11-6-8-13-9-10-15(19)14(12-13)17(2,3)4/h5,7,9-10,12,19H,6,8,11H2,1-4H3,(H,18,20). The van der Waals surface area contributed by atoms with Crippen LogP contribution in [0, 0.1) is 0 Å². The molecule has 0 atom stereocenters. The van der Waals surface area contributed by atoms with E-state index in [-0.39, 0.29) is 11.3 Å². The lowest BCUT2D eigenvalue weighted by molar-refractivity contribution is -0.116. The summed E-state index contributed by atoms with van der Waals surface area (Å²) in [7, 11) is 0. The minimum absolute atomic E-state index is 0.0476. The van der Waals surface area contributed by atoms with Gasteiger partial charge in [-0.25, -0.2) is 0 Å². The number of allylic oxidation sites excluding steroid dienone is 1. The summed E-state index contributed by atoms with van der Waals surface area (Å²) in [4.78, 5) is 11.3. The molecule has 0 aliphatic carbocycles. The minimum Gasteiger partial charge on any atom is -0.508 e. The van der Waals surface area contributed by atoms with E-state index in [9.17, 15) is 9.90 Å². The van der Waals surface area contributed by atoms with Crippen LogP contribution >= 0.6 is 0 Å². The molecule has 0 saturated carbocycles. The number of hydrogen-bond donors (Lipinski definition) is 2. The van der Waals surface area contributed by atoms with E-state index in [0.29, 0.717) is 12.3 Å². The summed E-state index contributed by atoms with van der Waals surface area (Å²) in [6.45, 7) is 8.74. The van der Waals surface area contributed by atoms with Gasteiger partial charge >= 0.3 is 0 Å². The molecule has 1 aromatic carbocycles. The highest BCUT2D eigenvalue weighted by molar-refractivity contribution is 5.87. The van der Waals surface area contributed by atoms with Crippen molar-refractivity contribution in [3.8, 4) is 5.75 Å². The number of benzene rings is 1. The zero-order valence-corrected chi connectivity index (χ0v) is 12.9. The van der Waals surface area contributed by atoms with E-state index in [2.05, 4.69) is 32.2 Å². The van der Waals surface area contributed by atoms with Crippen molar-refractivity contribution < 1.29 is 9.90 Å². The molecule has 0 aromatic heterocycles. The van der Waals surface area contributed by atoms with E-state index in [1.807, 2.05) is 13.0 Å². The third kappa shape index (κ3) is 5.08. The van der Waals surface area contributed by atoms with Crippen LogP contribution in [-0.2, 0) is 16.6 Å². The van der Waals surface area contributed by atoms with Crippen LogP contribution in [0.25, 0.3) is 0 Å². The van der Waals surface area contributed by atoms with Gasteiger partial charge in [0, 0.05) is 6.54 Å². The average molecular weight is 275 g/mol. The molecule has 0 spiro atoms. The second-order valence-corrected chi connectivity index (χ2v) is 6.00. The molecule has 3 heteroatoms. The normalized spacial score (nSPS) is 11.8. The van der Waals surface area contributed by atoms with Gasteiger partial charge in [-0.05, 0) is 48.4 Å². The molecule has 1 amide bonds. The number of rotatable bonds is 5. The first kappa shape index (κ1) is 16.3. The number of aromatic hydroxyl groups is 1. The van der Waals surface area contributed by atoms with Crippen LogP contribution in [0.1, 0.15) is 45.2 Å². The fourth-order valence-corrected chi connectivity index (χ4v) is 2.05. The van der Waals surface area contributed by atoms with Gasteiger partial charge in [0.2, 0.25) is 5.91 Å². The number of nitrogens with one attached hydrogen (secondary N) is 1. The molecule has 0 heterocycles. The molecule has 3 nitrogen and oxygen atoms in total. The van der Waals surface area contributed by atoms with E-state index in [0.717, 1.165) is 18.4 Å². The molecule has 1 rings (SSSR count). The minimum atomic E-state index is -0.0692. The Bertz CT molecular complexity index is 484. The molecular weight excluding hydrogens is 250 g/mol. The first-order valence-corrected chi connectivity index (χ1v) is 7.07. The Kier molecular flexibility index (Phi) is 5.81. The van der Waals surface area contributed by atoms with Crippen molar-refractivity contribution in [3.05, 3.63) is 41.5 Å². The molecule has 0 fully saturated rings. The number of hydrogen-bond acceptors (Lipinski definition) is 2. The molecule has 1 aromatic rings. The summed E-state index contributed by atoms with van der Waals surface area (Å²) in [6.07, 6.45) is 5.03. The first-order valence-electron chi connectivity index (χ1n) is 7.07. The molecular formula is C17H25NO2. The predicted octanol–water partition coefficient (Wildman–Crippen LogP) is 3.31. The number of phenolic OH excluding ortho intramolecular Hbond substituents is 1. The Hall–Kier alpha value is -1.77. The lowest BCUT2D eigenvalue weighted by Gasteiger charge is -2.21. The lowest BCUT2D eigenvalue weighted by Crippen LogP contribution is -2.22. The third-order valence-electron chi connectivity index (χ3n) is 3.13. The Morgan fingerprint density at radius 2 is 2.05 bits per heavy atom. The number of carbonyl (C=O) groups is 1. The topological polar surface area (TPSA) is 49.3 Å². The van der Waals surface area contributed by atoms with Gasteiger partial charge in [0.25, 0.3) is 0 Å². The lowest BCUT2D eigenvalue weighted by atomic mass is 9.85. The summed E-state index contributed by atoms with van der Waals surface area (Å²) in [6, 6.07) is 5.76. The monoisotopic (exact) mass is 275 g/mol. The SMILES string of the molecule is CC=CC(=O)NCCCc1ccc(O)c(C(C)(C)C)c1. The summed E-state index contributed by atoms with van der Waals surface area (Å²) < 4.78 is 0. The van der Waals surface area contributed by atoms with Gasteiger partial charge in [-0.15, -0.1) is 0 Å². The molecule has 2 N–H and O–H groups in total. The molecule has 0 aliphatic heterocycles. The molecule has 0 unspecified atom stereocenters. The van der Waals surface area contributed by atoms with Crippen LogP contribution in [0.4, 0.5) is 0 Å². The van der Waals surface area contributed by atoms with E-state index in [1.165, 1.54) is 11.6 Å². The van der Waals surface area contributed by atoms with Gasteiger partial charge in [-0.3, -0.25) is 4.79 Å². The number of phenols is 1. The van der Waals surface area contributed by atoms with Crippen molar-refractivity contribution in [2.75, 3.05) is 6.54 Å². The van der Waals surface area contributed by atoms with Gasteiger partial charge in [0.05, 0.1) is 0 Å². The van der Waals surface area contributed by atoms with Gasteiger partial charge < -0.3 is 10.4 Å². The maximum Gasteiger partial charge on any atom is 0.243 e. The van der Waals surface area contributed by atoms with Crippen LogP contribution in [0.3, 0.4) is 0 Å². The average Bonchev–Trinajstić information content (AvgIpc) is 2.35. The van der Waals surface area contributed by atoms with E-state index in [4.69, 9.17) is 0 Å². The molecule has 0 saturated heterocycles.